The molecule has 0 spiro atoms. The van der Waals surface area contributed by atoms with Crippen molar-refractivity contribution in [1.82, 2.24) is 5.32 Å². The highest BCUT2D eigenvalue weighted by molar-refractivity contribution is 4.97. The smallest absolute Gasteiger partial charge is 0.0990 e. The Kier molecular flexibility index (Phi) is 7.73. The Morgan fingerprint density at radius 1 is 0.889 bits per heavy atom. The third kappa shape index (κ3) is 4.79. The zero-order valence-corrected chi connectivity index (χ0v) is 10.7. The number of hydrogen-bond acceptors (Lipinski definition) is 6. The van der Waals surface area contributed by atoms with Gasteiger partial charge in [0, 0.05) is 13.2 Å². The lowest BCUT2D eigenvalue weighted by Crippen LogP contribution is -2.38. The molecule has 0 aromatic heterocycles. The van der Waals surface area contributed by atoms with Crippen LogP contribution in [-0.4, -0.2) is 71.1 Å². The lowest BCUT2D eigenvalue weighted by Gasteiger charge is -2.15. The Labute approximate surface area is 108 Å². The normalized spacial score (nSPS) is 32.0. The molecule has 0 saturated carbocycles. The van der Waals surface area contributed by atoms with Crippen LogP contribution in [0.15, 0.2) is 0 Å². The summed E-state index contributed by atoms with van der Waals surface area (Å²) < 4.78 is 5.43. The van der Waals surface area contributed by atoms with Crippen LogP contribution in [0.2, 0.25) is 0 Å². The first-order valence-corrected chi connectivity index (χ1v) is 6.62. The maximum absolute atomic E-state index is 9.70. The first-order valence-electron chi connectivity index (χ1n) is 6.62. The summed E-state index contributed by atoms with van der Waals surface area (Å²) in [4.78, 5) is 0. The van der Waals surface area contributed by atoms with Crippen molar-refractivity contribution in [3.63, 3.8) is 0 Å². The predicted octanol–water partition coefficient (Wildman–Crippen LogP) is -1.39. The second-order valence-corrected chi connectivity index (χ2v) is 4.76. The van der Waals surface area contributed by atoms with Gasteiger partial charge in [0.25, 0.3) is 0 Å². The third-order valence-corrected chi connectivity index (χ3v) is 3.29. The summed E-state index contributed by atoms with van der Waals surface area (Å²) in [7, 11) is 0. The van der Waals surface area contributed by atoms with Gasteiger partial charge in [-0.05, 0) is 12.8 Å². The van der Waals surface area contributed by atoms with Crippen LogP contribution in [0.5, 0.6) is 0 Å². The molecule has 1 saturated heterocycles. The van der Waals surface area contributed by atoms with Gasteiger partial charge < -0.3 is 30.5 Å². The molecule has 0 aromatic rings. The standard InChI is InChI=1S/C12H25NO5/c14-5-3-1-2-4-6-18-8-10-12(17)11(16)9(7-15)13-10/h9-17H,1-8H2/t9-,10-,11-,12-/m1/s1. The van der Waals surface area contributed by atoms with Crippen LogP contribution >= 0.6 is 0 Å². The maximum atomic E-state index is 9.70. The van der Waals surface area contributed by atoms with Gasteiger partial charge in [0.2, 0.25) is 0 Å². The quantitative estimate of drug-likeness (QED) is 0.328. The van der Waals surface area contributed by atoms with Crippen LogP contribution < -0.4 is 5.32 Å². The minimum atomic E-state index is -0.937. The van der Waals surface area contributed by atoms with E-state index in [1.807, 2.05) is 0 Å². The summed E-state index contributed by atoms with van der Waals surface area (Å²) in [5.74, 6) is 0. The number of unbranched alkanes of at least 4 members (excludes halogenated alkanes) is 3. The highest BCUT2D eigenvalue weighted by atomic mass is 16.5. The van der Waals surface area contributed by atoms with E-state index in [9.17, 15) is 10.2 Å². The second-order valence-electron chi connectivity index (χ2n) is 4.76. The Balaban J connectivity index is 2.05. The molecule has 6 nitrogen and oxygen atoms in total. The summed E-state index contributed by atoms with van der Waals surface area (Å²) in [5.41, 5.74) is 0. The summed E-state index contributed by atoms with van der Waals surface area (Å²) >= 11 is 0. The van der Waals surface area contributed by atoms with E-state index in [0.29, 0.717) is 13.2 Å². The lowest BCUT2D eigenvalue weighted by molar-refractivity contribution is 0.00385. The molecule has 1 rings (SSSR count). The zero-order chi connectivity index (χ0) is 13.4. The minimum absolute atomic E-state index is 0.199. The molecule has 1 heterocycles. The molecular weight excluding hydrogens is 238 g/mol. The van der Waals surface area contributed by atoms with Crippen LogP contribution in [0, 0.1) is 0 Å². The molecule has 1 aliphatic heterocycles. The Bertz CT molecular complexity index is 217. The molecule has 0 radical (unpaired) electrons. The molecule has 0 unspecified atom stereocenters. The summed E-state index contributed by atoms with van der Waals surface area (Å²) in [6.45, 7) is 0.973. The van der Waals surface area contributed by atoms with Gasteiger partial charge >= 0.3 is 0 Å². The van der Waals surface area contributed by atoms with E-state index in [1.54, 1.807) is 0 Å². The maximum Gasteiger partial charge on any atom is 0.0990 e. The van der Waals surface area contributed by atoms with E-state index in [-0.39, 0.29) is 19.3 Å². The van der Waals surface area contributed by atoms with Crippen LogP contribution in [0.3, 0.4) is 0 Å². The average Bonchev–Trinajstić information content (AvgIpc) is 2.65. The fourth-order valence-electron chi connectivity index (χ4n) is 2.14. The fourth-order valence-corrected chi connectivity index (χ4v) is 2.14. The summed E-state index contributed by atoms with van der Waals surface area (Å²) in [6, 6.07) is -0.798. The molecule has 0 aliphatic carbocycles. The van der Waals surface area contributed by atoms with E-state index in [2.05, 4.69) is 5.32 Å². The number of nitrogens with one attached hydrogen (secondary N) is 1. The highest BCUT2D eigenvalue weighted by Gasteiger charge is 2.40. The molecule has 1 aliphatic rings. The molecule has 5 N–H and O–H groups in total. The van der Waals surface area contributed by atoms with Crippen molar-refractivity contribution in [1.29, 1.82) is 0 Å². The monoisotopic (exact) mass is 263 g/mol. The van der Waals surface area contributed by atoms with Crippen molar-refractivity contribution in [2.75, 3.05) is 26.4 Å². The lowest BCUT2D eigenvalue weighted by atomic mass is 10.1. The van der Waals surface area contributed by atoms with Gasteiger partial charge in [0.05, 0.1) is 37.5 Å². The van der Waals surface area contributed by atoms with E-state index in [0.717, 1.165) is 25.7 Å². The van der Waals surface area contributed by atoms with Gasteiger partial charge in [-0.2, -0.15) is 0 Å². The van der Waals surface area contributed by atoms with Gasteiger partial charge in [0.15, 0.2) is 0 Å². The zero-order valence-electron chi connectivity index (χ0n) is 10.7. The van der Waals surface area contributed by atoms with Crippen molar-refractivity contribution in [2.24, 2.45) is 0 Å². The number of hydrogen-bond donors (Lipinski definition) is 5. The number of rotatable bonds is 9. The second kappa shape index (κ2) is 8.79. The van der Waals surface area contributed by atoms with Gasteiger partial charge in [-0.15, -0.1) is 0 Å². The van der Waals surface area contributed by atoms with E-state index in [1.165, 1.54) is 0 Å². The van der Waals surface area contributed by atoms with Crippen molar-refractivity contribution in [2.45, 2.75) is 50.0 Å². The van der Waals surface area contributed by atoms with Crippen LogP contribution in [0.25, 0.3) is 0 Å². The topological polar surface area (TPSA) is 102 Å². The Morgan fingerprint density at radius 3 is 2.17 bits per heavy atom. The molecule has 0 aromatic carbocycles. The van der Waals surface area contributed by atoms with Crippen LogP contribution in [-0.2, 0) is 4.74 Å². The average molecular weight is 263 g/mol. The van der Waals surface area contributed by atoms with Crippen molar-refractivity contribution < 1.29 is 25.2 Å². The molecular formula is C12H25NO5. The van der Waals surface area contributed by atoms with Crippen LogP contribution in [0.4, 0.5) is 0 Å². The fraction of sp³-hybridized carbons (Fsp3) is 1.00. The van der Waals surface area contributed by atoms with Crippen LogP contribution in [0.1, 0.15) is 25.7 Å². The third-order valence-electron chi connectivity index (χ3n) is 3.29. The summed E-state index contributed by atoms with van der Waals surface area (Å²) in [5, 5.41) is 39.8. The van der Waals surface area contributed by atoms with Gasteiger partial charge in [-0.3, -0.25) is 0 Å². The van der Waals surface area contributed by atoms with E-state index in [4.69, 9.17) is 14.9 Å². The molecule has 4 atom stereocenters. The Hall–Kier alpha value is -0.240. The first-order chi connectivity index (χ1) is 8.70. The van der Waals surface area contributed by atoms with Gasteiger partial charge in [-0.1, -0.05) is 12.8 Å². The van der Waals surface area contributed by atoms with Crippen molar-refractivity contribution >= 4 is 0 Å². The molecule has 0 amide bonds. The van der Waals surface area contributed by atoms with Crippen molar-refractivity contribution in [3.05, 3.63) is 0 Å². The predicted molar refractivity (Wildman–Crippen MR) is 66.2 cm³/mol. The first kappa shape index (κ1) is 15.8. The van der Waals surface area contributed by atoms with E-state index < -0.39 is 18.2 Å². The molecule has 108 valence electrons. The van der Waals surface area contributed by atoms with Gasteiger partial charge in [0.1, 0.15) is 0 Å². The SMILES string of the molecule is OCCCCCCOC[C@H]1N[C@H](CO)[C@@H](O)[C@@H]1O. The van der Waals surface area contributed by atoms with Gasteiger partial charge in [-0.25, -0.2) is 0 Å². The van der Waals surface area contributed by atoms with E-state index >= 15 is 0 Å². The Morgan fingerprint density at radius 2 is 1.56 bits per heavy atom. The highest BCUT2D eigenvalue weighted by Crippen LogP contribution is 2.14. The minimum Gasteiger partial charge on any atom is -0.396 e. The largest absolute Gasteiger partial charge is 0.396 e. The molecule has 18 heavy (non-hydrogen) atoms. The molecule has 1 fully saturated rings. The number of aliphatic hydroxyl groups is 4. The number of ether oxygens (including phenoxy) is 1. The summed E-state index contributed by atoms with van der Waals surface area (Å²) in [6.07, 6.45) is 1.94. The molecule has 0 bridgehead atoms. The number of aliphatic hydroxyl groups excluding tert-OH is 4. The van der Waals surface area contributed by atoms with Crippen molar-refractivity contribution in [3.8, 4) is 0 Å². The molecule has 6 heteroatoms.